The maximum atomic E-state index is 11.8. The van der Waals surface area contributed by atoms with Gasteiger partial charge in [0.1, 0.15) is 0 Å². The summed E-state index contributed by atoms with van der Waals surface area (Å²) in [5.74, 6) is 0.697. The van der Waals surface area contributed by atoms with Crippen LogP contribution in [-0.2, 0) is 16.2 Å². The predicted molar refractivity (Wildman–Crippen MR) is 68.0 cm³/mol. The van der Waals surface area contributed by atoms with E-state index in [1.54, 1.807) is 0 Å². The Bertz CT molecular complexity index is 434. The van der Waals surface area contributed by atoms with Gasteiger partial charge in [0.05, 0.1) is 10.8 Å². The molecule has 3 heteroatoms. The van der Waals surface area contributed by atoms with E-state index in [0.717, 1.165) is 16.9 Å². The quantitative estimate of drug-likeness (QED) is 0.753. The normalized spacial score (nSPS) is 25.2. The van der Waals surface area contributed by atoms with Crippen LogP contribution >= 0.6 is 0 Å². The molecule has 88 valence electrons. The lowest BCUT2D eigenvalue weighted by molar-refractivity contribution is 0.582. The topological polar surface area (TPSA) is 43.1 Å². The lowest BCUT2D eigenvalue weighted by atomic mass is 9.85. The molecule has 1 aromatic rings. The molecule has 2 rings (SSSR count). The average molecular weight is 237 g/mol. The fourth-order valence-electron chi connectivity index (χ4n) is 2.01. The maximum Gasteiger partial charge on any atom is 0.0533 e. The van der Waals surface area contributed by atoms with Crippen molar-refractivity contribution in [1.82, 2.24) is 0 Å². The van der Waals surface area contributed by atoms with Crippen molar-refractivity contribution in [2.75, 3.05) is 5.75 Å². The van der Waals surface area contributed by atoms with Gasteiger partial charge in [0.25, 0.3) is 0 Å². The van der Waals surface area contributed by atoms with Crippen LogP contribution in [0.15, 0.2) is 23.1 Å². The van der Waals surface area contributed by atoms with Crippen molar-refractivity contribution in [2.45, 2.75) is 43.5 Å². The van der Waals surface area contributed by atoms with Crippen molar-refractivity contribution in [2.24, 2.45) is 5.73 Å². The van der Waals surface area contributed by atoms with Crippen molar-refractivity contribution in [3.8, 4) is 0 Å². The molecule has 0 aliphatic carbocycles. The highest BCUT2D eigenvalue weighted by Gasteiger charge is 2.24. The van der Waals surface area contributed by atoms with Crippen molar-refractivity contribution in [3.05, 3.63) is 29.3 Å². The van der Waals surface area contributed by atoms with Crippen molar-refractivity contribution >= 4 is 10.8 Å². The van der Waals surface area contributed by atoms with E-state index in [1.807, 2.05) is 6.07 Å². The first kappa shape index (κ1) is 11.8. The molecule has 2 nitrogen and oxygen atoms in total. The third-order valence-electron chi connectivity index (χ3n) is 3.13. The van der Waals surface area contributed by atoms with Crippen LogP contribution < -0.4 is 5.73 Å². The highest BCUT2D eigenvalue weighted by atomic mass is 32.2. The van der Waals surface area contributed by atoms with E-state index in [-0.39, 0.29) is 11.5 Å². The van der Waals surface area contributed by atoms with E-state index in [0.29, 0.717) is 5.75 Å². The summed E-state index contributed by atoms with van der Waals surface area (Å²) in [6.07, 6.45) is 0.827. The van der Waals surface area contributed by atoms with E-state index < -0.39 is 10.8 Å². The van der Waals surface area contributed by atoms with Crippen LogP contribution in [0.4, 0.5) is 0 Å². The Morgan fingerprint density at radius 1 is 1.38 bits per heavy atom. The van der Waals surface area contributed by atoms with Gasteiger partial charge in [0.2, 0.25) is 0 Å². The first-order chi connectivity index (χ1) is 7.39. The summed E-state index contributed by atoms with van der Waals surface area (Å²) in [6, 6.07) is 6.26. The number of benzene rings is 1. The van der Waals surface area contributed by atoms with E-state index in [9.17, 15) is 4.21 Å². The molecule has 2 unspecified atom stereocenters. The van der Waals surface area contributed by atoms with E-state index >= 15 is 0 Å². The second-order valence-corrected chi connectivity index (χ2v) is 6.99. The molecule has 0 spiro atoms. The number of fused-ring (bicyclic) bond motifs is 1. The molecule has 0 fully saturated rings. The Morgan fingerprint density at radius 3 is 2.69 bits per heavy atom. The molecule has 2 N–H and O–H groups in total. The Hall–Kier alpha value is -0.670. The lowest BCUT2D eigenvalue weighted by Crippen LogP contribution is -2.23. The van der Waals surface area contributed by atoms with Gasteiger partial charge in [-0.15, -0.1) is 0 Å². The third kappa shape index (κ3) is 2.06. The summed E-state index contributed by atoms with van der Waals surface area (Å²) in [6.45, 7) is 6.54. The number of hydrogen-bond donors (Lipinski definition) is 1. The molecule has 1 aromatic carbocycles. The summed E-state index contributed by atoms with van der Waals surface area (Å²) < 4.78 is 11.8. The first-order valence-electron chi connectivity index (χ1n) is 5.68. The highest BCUT2D eigenvalue weighted by molar-refractivity contribution is 7.85. The fraction of sp³-hybridized carbons (Fsp3) is 0.538. The summed E-state index contributed by atoms with van der Waals surface area (Å²) in [5, 5.41) is 0. The van der Waals surface area contributed by atoms with Gasteiger partial charge >= 0.3 is 0 Å². The van der Waals surface area contributed by atoms with Crippen LogP contribution in [0, 0.1) is 0 Å². The molecule has 0 bridgehead atoms. The van der Waals surface area contributed by atoms with Gasteiger partial charge in [0, 0.05) is 16.7 Å². The van der Waals surface area contributed by atoms with Gasteiger partial charge < -0.3 is 5.73 Å². The third-order valence-corrected chi connectivity index (χ3v) is 4.60. The van der Waals surface area contributed by atoms with Crippen LogP contribution in [0.3, 0.4) is 0 Å². The Morgan fingerprint density at radius 2 is 2.06 bits per heavy atom. The Kier molecular flexibility index (Phi) is 2.93. The van der Waals surface area contributed by atoms with Crippen LogP contribution in [0.25, 0.3) is 0 Å². The zero-order chi connectivity index (χ0) is 11.9. The Labute approximate surface area is 99.7 Å². The Balaban J connectivity index is 2.52. The molecule has 2 atom stereocenters. The fourth-order valence-corrected chi connectivity index (χ4v) is 3.39. The standard InChI is InChI=1S/C13H19NOS/c1-13(2,3)9-4-5-12-10(8-9)11(14)6-7-16(12)15/h4-5,8,11H,6-7,14H2,1-3H3. The number of hydrogen-bond acceptors (Lipinski definition) is 2. The lowest BCUT2D eigenvalue weighted by Gasteiger charge is -2.26. The average Bonchev–Trinajstić information content (AvgIpc) is 2.22. The molecule has 0 radical (unpaired) electrons. The summed E-state index contributed by atoms with van der Waals surface area (Å²) in [4.78, 5) is 0.937. The zero-order valence-electron chi connectivity index (χ0n) is 10.1. The first-order valence-corrected chi connectivity index (χ1v) is 7.00. The largest absolute Gasteiger partial charge is 0.324 e. The van der Waals surface area contributed by atoms with Crippen molar-refractivity contribution < 1.29 is 4.21 Å². The summed E-state index contributed by atoms with van der Waals surface area (Å²) in [5.41, 5.74) is 8.55. The SMILES string of the molecule is CC(C)(C)c1ccc2c(c1)C(N)CCS2=O. The highest BCUT2D eigenvalue weighted by Crippen LogP contribution is 2.32. The van der Waals surface area contributed by atoms with Crippen molar-refractivity contribution in [1.29, 1.82) is 0 Å². The second kappa shape index (κ2) is 3.97. The van der Waals surface area contributed by atoms with Gasteiger partial charge in [-0.3, -0.25) is 4.21 Å². The minimum absolute atomic E-state index is 0.0509. The van der Waals surface area contributed by atoms with Gasteiger partial charge in [-0.25, -0.2) is 0 Å². The molecular formula is C13H19NOS. The molecule has 0 saturated carbocycles. The minimum atomic E-state index is -0.851. The van der Waals surface area contributed by atoms with Crippen LogP contribution in [0.1, 0.15) is 44.4 Å². The molecule has 0 amide bonds. The second-order valence-electron chi connectivity index (χ2n) is 5.45. The summed E-state index contributed by atoms with van der Waals surface area (Å²) in [7, 11) is -0.851. The number of rotatable bonds is 0. The zero-order valence-corrected chi connectivity index (χ0v) is 10.9. The summed E-state index contributed by atoms with van der Waals surface area (Å²) >= 11 is 0. The molecule has 1 aliphatic heterocycles. The van der Waals surface area contributed by atoms with E-state index in [1.165, 1.54) is 5.56 Å². The van der Waals surface area contributed by atoms with Crippen LogP contribution in [0.2, 0.25) is 0 Å². The molecule has 1 heterocycles. The smallest absolute Gasteiger partial charge is 0.0533 e. The molecular weight excluding hydrogens is 218 g/mol. The molecule has 16 heavy (non-hydrogen) atoms. The monoisotopic (exact) mass is 237 g/mol. The molecule has 0 aromatic heterocycles. The maximum absolute atomic E-state index is 11.8. The van der Waals surface area contributed by atoms with E-state index in [4.69, 9.17) is 5.73 Å². The van der Waals surface area contributed by atoms with Gasteiger partial charge in [0.15, 0.2) is 0 Å². The minimum Gasteiger partial charge on any atom is -0.324 e. The van der Waals surface area contributed by atoms with Crippen molar-refractivity contribution in [3.63, 3.8) is 0 Å². The molecule has 1 aliphatic rings. The van der Waals surface area contributed by atoms with E-state index in [2.05, 4.69) is 32.9 Å². The predicted octanol–water partition coefficient (Wildman–Crippen LogP) is 2.50. The van der Waals surface area contributed by atoms with Crippen LogP contribution in [0.5, 0.6) is 0 Å². The number of nitrogens with two attached hydrogens (primary N) is 1. The van der Waals surface area contributed by atoms with Gasteiger partial charge in [-0.1, -0.05) is 32.9 Å². The van der Waals surface area contributed by atoms with Gasteiger partial charge in [-0.05, 0) is 29.0 Å². The van der Waals surface area contributed by atoms with Gasteiger partial charge in [-0.2, -0.15) is 0 Å². The van der Waals surface area contributed by atoms with Crippen LogP contribution in [-0.4, -0.2) is 9.96 Å². The molecule has 0 saturated heterocycles.